The zero-order valence-corrected chi connectivity index (χ0v) is 10.0. The number of benzene rings is 1. The predicted octanol–water partition coefficient (Wildman–Crippen LogP) is 2.09. The third-order valence-corrected chi connectivity index (χ3v) is 2.70. The number of rotatable bonds is 4. The van der Waals surface area contributed by atoms with Gasteiger partial charge in [0, 0.05) is 12.6 Å². The van der Waals surface area contributed by atoms with Crippen LogP contribution < -0.4 is 5.73 Å². The molecule has 2 rings (SSSR count). The molecule has 92 valence electrons. The van der Waals surface area contributed by atoms with Gasteiger partial charge in [-0.1, -0.05) is 30.3 Å². The first-order valence-electron chi connectivity index (χ1n) is 5.93. The number of amides is 1. The minimum Gasteiger partial charge on any atom is -0.431 e. The van der Waals surface area contributed by atoms with E-state index in [0.29, 0.717) is 12.6 Å². The molecule has 1 amide bonds. The van der Waals surface area contributed by atoms with Crippen molar-refractivity contribution < 1.29 is 9.53 Å². The van der Waals surface area contributed by atoms with Crippen molar-refractivity contribution in [3.05, 3.63) is 35.9 Å². The van der Waals surface area contributed by atoms with Gasteiger partial charge in [0.15, 0.2) is 0 Å². The maximum atomic E-state index is 11.9. The van der Waals surface area contributed by atoms with E-state index in [1.54, 1.807) is 11.8 Å². The maximum Gasteiger partial charge on any atom is 0.411 e. The summed E-state index contributed by atoms with van der Waals surface area (Å²) in [5.74, 6) is 0. The quantitative estimate of drug-likeness (QED) is 0.812. The number of hydrogen-bond acceptors (Lipinski definition) is 3. The molecule has 1 aliphatic rings. The van der Waals surface area contributed by atoms with E-state index >= 15 is 0 Å². The minimum absolute atomic E-state index is 0.314. The molecule has 0 aromatic heterocycles. The first-order valence-corrected chi connectivity index (χ1v) is 5.93. The van der Waals surface area contributed by atoms with Gasteiger partial charge < -0.3 is 9.64 Å². The van der Waals surface area contributed by atoms with Crippen molar-refractivity contribution in [2.45, 2.75) is 38.6 Å². The van der Waals surface area contributed by atoms with Gasteiger partial charge in [0.2, 0.25) is 0 Å². The van der Waals surface area contributed by atoms with Crippen LogP contribution in [-0.4, -0.2) is 23.3 Å². The Hall–Kier alpha value is -1.55. The van der Waals surface area contributed by atoms with Crippen LogP contribution in [0.3, 0.4) is 0 Å². The zero-order chi connectivity index (χ0) is 12.3. The number of nitrogens with zero attached hydrogens (tertiary/aromatic N) is 1. The molecule has 0 aliphatic heterocycles. The second-order valence-electron chi connectivity index (χ2n) is 4.43. The van der Waals surface area contributed by atoms with E-state index in [-0.39, 0.29) is 6.09 Å². The van der Waals surface area contributed by atoms with Crippen LogP contribution >= 0.6 is 0 Å². The summed E-state index contributed by atoms with van der Waals surface area (Å²) in [5.41, 5.74) is 6.59. The highest BCUT2D eigenvalue weighted by atomic mass is 16.6. The van der Waals surface area contributed by atoms with E-state index in [9.17, 15) is 4.79 Å². The van der Waals surface area contributed by atoms with Gasteiger partial charge in [-0.05, 0) is 25.3 Å². The molecule has 17 heavy (non-hydrogen) atoms. The minimum atomic E-state index is -0.556. The van der Waals surface area contributed by atoms with Crippen LogP contribution in [0.25, 0.3) is 0 Å². The molecule has 0 spiro atoms. The van der Waals surface area contributed by atoms with Gasteiger partial charge in [0.25, 0.3) is 0 Å². The van der Waals surface area contributed by atoms with Crippen LogP contribution in [0.1, 0.15) is 25.3 Å². The Kier molecular flexibility index (Phi) is 3.64. The average Bonchev–Trinajstić information content (AvgIpc) is 3.10. The summed E-state index contributed by atoms with van der Waals surface area (Å²) in [6, 6.07) is 10.2. The second kappa shape index (κ2) is 5.19. The molecule has 1 unspecified atom stereocenters. The summed E-state index contributed by atoms with van der Waals surface area (Å²) >= 11 is 0. The standard InChI is InChI=1S/C13H18N2O2/c1-10(14)17-13(16)15(12-7-8-12)9-11-5-3-2-4-6-11/h2-6,10,12H,7-9,14H2,1H3. The van der Waals surface area contributed by atoms with E-state index in [1.165, 1.54) is 0 Å². The van der Waals surface area contributed by atoms with Crippen LogP contribution in [0, 0.1) is 0 Å². The van der Waals surface area contributed by atoms with Crippen molar-refractivity contribution in [3.63, 3.8) is 0 Å². The van der Waals surface area contributed by atoms with Crippen molar-refractivity contribution in [1.29, 1.82) is 0 Å². The van der Waals surface area contributed by atoms with Crippen LogP contribution in [0.2, 0.25) is 0 Å². The maximum absolute atomic E-state index is 11.9. The Balaban J connectivity index is 2.00. The number of nitrogens with two attached hydrogens (primary N) is 1. The van der Waals surface area contributed by atoms with E-state index < -0.39 is 6.23 Å². The lowest BCUT2D eigenvalue weighted by Crippen LogP contribution is -2.37. The zero-order valence-electron chi connectivity index (χ0n) is 10.0. The van der Waals surface area contributed by atoms with Crippen molar-refractivity contribution in [2.24, 2.45) is 5.73 Å². The van der Waals surface area contributed by atoms with Gasteiger partial charge in [-0.2, -0.15) is 0 Å². The van der Waals surface area contributed by atoms with Crippen LogP contribution in [-0.2, 0) is 11.3 Å². The van der Waals surface area contributed by atoms with Crippen molar-refractivity contribution in [1.82, 2.24) is 4.90 Å². The van der Waals surface area contributed by atoms with Gasteiger partial charge in [-0.3, -0.25) is 5.73 Å². The van der Waals surface area contributed by atoms with E-state index in [2.05, 4.69) is 0 Å². The summed E-state index contributed by atoms with van der Waals surface area (Å²) in [6.45, 7) is 2.25. The van der Waals surface area contributed by atoms with Crippen LogP contribution in [0.15, 0.2) is 30.3 Å². The van der Waals surface area contributed by atoms with Gasteiger partial charge in [-0.25, -0.2) is 4.79 Å². The second-order valence-corrected chi connectivity index (χ2v) is 4.43. The summed E-state index contributed by atoms with van der Waals surface area (Å²) in [4.78, 5) is 13.6. The molecule has 4 nitrogen and oxygen atoms in total. The molecule has 0 radical (unpaired) electrons. The number of carbonyl (C=O) groups is 1. The monoisotopic (exact) mass is 234 g/mol. The topological polar surface area (TPSA) is 55.6 Å². The van der Waals surface area contributed by atoms with E-state index in [0.717, 1.165) is 18.4 Å². The SMILES string of the molecule is CC(N)OC(=O)N(Cc1ccccc1)C1CC1. The third kappa shape index (κ3) is 3.46. The van der Waals surface area contributed by atoms with Crippen molar-refractivity contribution in [2.75, 3.05) is 0 Å². The molecule has 1 aromatic carbocycles. The molecule has 0 bridgehead atoms. The molecule has 0 heterocycles. The largest absolute Gasteiger partial charge is 0.431 e. The van der Waals surface area contributed by atoms with Gasteiger partial charge in [-0.15, -0.1) is 0 Å². The van der Waals surface area contributed by atoms with Crippen molar-refractivity contribution in [3.8, 4) is 0 Å². The average molecular weight is 234 g/mol. The molecule has 1 aliphatic carbocycles. The molecule has 1 saturated carbocycles. The molecule has 0 saturated heterocycles. The summed E-state index contributed by atoms with van der Waals surface area (Å²) < 4.78 is 5.05. The molecular formula is C13H18N2O2. The summed E-state index contributed by atoms with van der Waals surface area (Å²) in [6.07, 6.45) is 1.24. The molecule has 4 heteroatoms. The predicted molar refractivity (Wildman–Crippen MR) is 65.1 cm³/mol. The molecule has 1 atom stereocenters. The summed E-state index contributed by atoms with van der Waals surface area (Å²) in [7, 11) is 0. The highest BCUT2D eigenvalue weighted by molar-refractivity contribution is 5.68. The van der Waals surface area contributed by atoms with Gasteiger partial charge >= 0.3 is 6.09 Å². The van der Waals surface area contributed by atoms with E-state index in [1.807, 2.05) is 30.3 Å². The molecule has 1 fully saturated rings. The Morgan fingerprint density at radius 1 is 1.47 bits per heavy atom. The third-order valence-electron chi connectivity index (χ3n) is 2.70. The Morgan fingerprint density at radius 2 is 2.12 bits per heavy atom. The lowest BCUT2D eigenvalue weighted by atomic mass is 10.2. The molecule has 1 aromatic rings. The van der Waals surface area contributed by atoms with Crippen molar-refractivity contribution >= 4 is 6.09 Å². The van der Waals surface area contributed by atoms with Gasteiger partial charge in [0.1, 0.15) is 6.23 Å². The van der Waals surface area contributed by atoms with E-state index in [4.69, 9.17) is 10.5 Å². The Morgan fingerprint density at radius 3 is 2.65 bits per heavy atom. The van der Waals surface area contributed by atoms with Crippen LogP contribution in [0.5, 0.6) is 0 Å². The highest BCUT2D eigenvalue weighted by Gasteiger charge is 2.33. The number of carbonyl (C=O) groups excluding carboxylic acids is 1. The first kappa shape index (κ1) is 11.9. The Labute approximate surface area is 101 Å². The first-order chi connectivity index (χ1) is 8.16. The van der Waals surface area contributed by atoms with Gasteiger partial charge in [0.05, 0.1) is 0 Å². The molecule has 2 N–H and O–H groups in total. The lowest BCUT2D eigenvalue weighted by Gasteiger charge is -2.23. The fourth-order valence-electron chi connectivity index (χ4n) is 1.74. The fraction of sp³-hybridized carbons (Fsp3) is 0.462. The smallest absolute Gasteiger partial charge is 0.411 e. The highest BCUT2D eigenvalue weighted by Crippen LogP contribution is 2.29. The fourth-order valence-corrected chi connectivity index (χ4v) is 1.74. The lowest BCUT2D eigenvalue weighted by molar-refractivity contribution is 0.0679. The summed E-state index contributed by atoms with van der Waals surface area (Å²) in [5, 5.41) is 0. The normalized spacial score (nSPS) is 16.4. The molecular weight excluding hydrogens is 216 g/mol. The number of ether oxygens (including phenoxy) is 1. The Bertz CT molecular complexity index is 374. The van der Waals surface area contributed by atoms with Crippen LogP contribution in [0.4, 0.5) is 4.79 Å². The number of hydrogen-bond donors (Lipinski definition) is 1.